The maximum atomic E-state index is 12.6. The van der Waals surface area contributed by atoms with Crippen molar-refractivity contribution in [1.29, 1.82) is 0 Å². The Kier molecular flexibility index (Phi) is 3.63. The highest BCUT2D eigenvalue weighted by atomic mass is 32.2. The molecule has 2 bridgehead atoms. The van der Waals surface area contributed by atoms with Gasteiger partial charge in [0.25, 0.3) is 10.0 Å². The number of hydrogen-bond acceptors (Lipinski definition) is 3. The smallest absolute Gasteiger partial charge is 0.200 e. The molecule has 2 atom stereocenters. The summed E-state index contributed by atoms with van der Waals surface area (Å²) in [5, 5.41) is 4.36. The number of nitrogens with zero attached hydrogens (tertiary/aromatic N) is 1. The first-order valence-electron chi connectivity index (χ1n) is 8.24. The van der Waals surface area contributed by atoms with Gasteiger partial charge in [0, 0.05) is 11.1 Å². The normalized spacial score (nSPS) is 30.8. The number of nitrogens with one attached hydrogen (secondary N) is 1. The summed E-state index contributed by atoms with van der Waals surface area (Å²) in [4.78, 5) is 2.79. The first-order chi connectivity index (χ1) is 10.6. The molecule has 0 amide bonds. The molecule has 0 heterocycles. The van der Waals surface area contributed by atoms with Crippen molar-refractivity contribution in [2.24, 2.45) is 21.8 Å². The Balaban J connectivity index is 1.88. The van der Waals surface area contributed by atoms with E-state index in [9.17, 15) is 8.42 Å². The van der Waals surface area contributed by atoms with Crippen LogP contribution in [-0.4, -0.2) is 14.1 Å². The summed E-state index contributed by atoms with van der Waals surface area (Å²) >= 11 is 0. The van der Waals surface area contributed by atoms with Gasteiger partial charge >= 0.3 is 0 Å². The molecule has 2 unspecified atom stereocenters. The van der Waals surface area contributed by atoms with E-state index in [1.54, 1.807) is 6.07 Å². The van der Waals surface area contributed by atoms with Crippen LogP contribution >= 0.6 is 0 Å². The fourth-order valence-corrected chi connectivity index (χ4v) is 5.42. The van der Waals surface area contributed by atoms with E-state index in [2.05, 4.69) is 30.7 Å². The Bertz CT molecular complexity index is 780. The lowest BCUT2D eigenvalue weighted by molar-refractivity contribution is 0.193. The zero-order chi connectivity index (χ0) is 17.0. The second kappa shape index (κ2) is 5.07. The van der Waals surface area contributed by atoms with E-state index in [0.29, 0.717) is 10.8 Å². The van der Waals surface area contributed by atoms with E-state index in [1.165, 1.54) is 6.42 Å². The van der Waals surface area contributed by atoms with Crippen LogP contribution in [0.25, 0.3) is 0 Å². The Morgan fingerprint density at radius 2 is 1.91 bits per heavy atom. The van der Waals surface area contributed by atoms with Gasteiger partial charge in [0.05, 0.1) is 4.90 Å². The molecule has 1 aromatic carbocycles. The van der Waals surface area contributed by atoms with Gasteiger partial charge in [-0.1, -0.05) is 38.5 Å². The summed E-state index contributed by atoms with van der Waals surface area (Å²) in [5.41, 5.74) is 3.00. The zero-order valence-corrected chi connectivity index (χ0v) is 15.4. The van der Waals surface area contributed by atoms with Gasteiger partial charge in [-0.05, 0) is 56.1 Å². The Morgan fingerprint density at radius 1 is 1.22 bits per heavy atom. The minimum Gasteiger partial charge on any atom is -0.200 e. The molecule has 0 aliphatic heterocycles. The summed E-state index contributed by atoms with van der Waals surface area (Å²) in [7, 11) is -3.61. The molecule has 2 fully saturated rings. The van der Waals surface area contributed by atoms with Crippen molar-refractivity contribution in [3.05, 3.63) is 29.3 Å². The average molecular weight is 334 g/mol. The van der Waals surface area contributed by atoms with Crippen LogP contribution in [0.3, 0.4) is 0 Å². The van der Waals surface area contributed by atoms with Crippen LogP contribution in [0.5, 0.6) is 0 Å². The minimum atomic E-state index is -3.61. The maximum absolute atomic E-state index is 12.6. The monoisotopic (exact) mass is 334 g/mol. The van der Waals surface area contributed by atoms with Crippen LogP contribution in [0.15, 0.2) is 28.2 Å². The highest BCUT2D eigenvalue weighted by molar-refractivity contribution is 7.89. The molecular weight excluding hydrogens is 308 g/mol. The summed E-state index contributed by atoms with van der Waals surface area (Å²) < 4.78 is 25.1. The molecule has 0 saturated heterocycles. The first kappa shape index (κ1) is 16.5. The molecule has 0 radical (unpaired) electrons. The van der Waals surface area contributed by atoms with Crippen molar-refractivity contribution >= 4 is 15.7 Å². The molecular formula is C18H26N2O2S. The molecule has 0 spiro atoms. The molecule has 23 heavy (non-hydrogen) atoms. The molecule has 2 aliphatic carbocycles. The third kappa shape index (κ3) is 2.40. The number of aryl methyl sites for hydroxylation is 2. The van der Waals surface area contributed by atoms with Crippen molar-refractivity contribution in [3.63, 3.8) is 0 Å². The maximum Gasteiger partial charge on any atom is 0.276 e. The number of fused-ring (bicyclic) bond motifs is 2. The van der Waals surface area contributed by atoms with Crippen LogP contribution in [0.2, 0.25) is 0 Å². The standard InChI is InChI=1S/C18H26N2O2S/c1-12-6-7-15(13(2)10-12)23(21,22)20-19-16-11-14-8-9-18(16,5)17(14,3)4/h6-7,10,14,20H,8-9,11H2,1-5H3. The van der Waals surface area contributed by atoms with Crippen LogP contribution in [0, 0.1) is 30.6 Å². The van der Waals surface area contributed by atoms with Crippen LogP contribution in [-0.2, 0) is 10.0 Å². The number of hydrazone groups is 1. The molecule has 1 N–H and O–H groups in total. The largest absolute Gasteiger partial charge is 0.276 e. The summed E-state index contributed by atoms with van der Waals surface area (Å²) in [6.07, 6.45) is 3.21. The minimum absolute atomic E-state index is 0.00249. The van der Waals surface area contributed by atoms with E-state index in [4.69, 9.17) is 0 Å². The predicted molar refractivity (Wildman–Crippen MR) is 92.9 cm³/mol. The van der Waals surface area contributed by atoms with Gasteiger partial charge < -0.3 is 0 Å². The first-order valence-corrected chi connectivity index (χ1v) is 9.72. The van der Waals surface area contributed by atoms with Gasteiger partial charge in [-0.3, -0.25) is 0 Å². The van der Waals surface area contributed by atoms with E-state index < -0.39 is 10.0 Å². The van der Waals surface area contributed by atoms with Gasteiger partial charge in [0.15, 0.2) is 0 Å². The Hall–Kier alpha value is -1.36. The molecule has 0 aromatic heterocycles. The highest BCUT2D eigenvalue weighted by Crippen LogP contribution is 2.63. The number of sulfonamides is 1. The van der Waals surface area contributed by atoms with E-state index in [0.717, 1.165) is 29.7 Å². The van der Waals surface area contributed by atoms with E-state index in [-0.39, 0.29) is 10.8 Å². The van der Waals surface area contributed by atoms with Gasteiger partial charge in [0.2, 0.25) is 0 Å². The average Bonchev–Trinajstić information content (AvgIpc) is 2.77. The summed E-state index contributed by atoms with van der Waals surface area (Å²) in [6.45, 7) is 10.6. The fraction of sp³-hybridized carbons (Fsp3) is 0.611. The number of rotatable bonds is 3. The fourth-order valence-electron chi connectivity index (χ4n) is 4.36. The molecule has 126 valence electrons. The number of benzene rings is 1. The Morgan fingerprint density at radius 3 is 2.43 bits per heavy atom. The predicted octanol–water partition coefficient (Wildman–Crippen LogP) is 3.78. The quantitative estimate of drug-likeness (QED) is 0.855. The Labute approximate surface area is 139 Å². The van der Waals surface area contributed by atoms with Crippen molar-refractivity contribution in [2.75, 3.05) is 0 Å². The SMILES string of the molecule is Cc1ccc(S(=O)(=O)NN=C2CC3CCC2(C)C3(C)C)c(C)c1. The molecule has 2 saturated carbocycles. The highest BCUT2D eigenvalue weighted by Gasteiger charge is 2.60. The van der Waals surface area contributed by atoms with Crippen molar-refractivity contribution in [2.45, 2.75) is 58.8 Å². The third-order valence-electron chi connectivity index (χ3n) is 6.43. The molecule has 5 heteroatoms. The van der Waals surface area contributed by atoms with E-state index >= 15 is 0 Å². The topological polar surface area (TPSA) is 58.5 Å². The van der Waals surface area contributed by atoms with Crippen LogP contribution < -0.4 is 4.83 Å². The van der Waals surface area contributed by atoms with E-state index in [1.807, 2.05) is 26.0 Å². The van der Waals surface area contributed by atoms with Gasteiger partial charge in [-0.15, -0.1) is 0 Å². The lowest BCUT2D eigenvalue weighted by atomic mass is 9.70. The lowest BCUT2D eigenvalue weighted by Gasteiger charge is -2.34. The second-order valence-electron chi connectivity index (χ2n) is 7.92. The van der Waals surface area contributed by atoms with Crippen LogP contribution in [0.1, 0.15) is 51.2 Å². The van der Waals surface area contributed by atoms with Gasteiger partial charge in [-0.25, -0.2) is 4.83 Å². The van der Waals surface area contributed by atoms with Crippen molar-refractivity contribution in [3.8, 4) is 0 Å². The van der Waals surface area contributed by atoms with Gasteiger partial charge in [0.1, 0.15) is 0 Å². The third-order valence-corrected chi connectivity index (χ3v) is 7.80. The zero-order valence-electron chi connectivity index (χ0n) is 14.6. The lowest BCUT2D eigenvalue weighted by Crippen LogP contribution is -2.34. The number of hydrogen-bond donors (Lipinski definition) is 1. The molecule has 3 rings (SSSR count). The molecule has 4 nitrogen and oxygen atoms in total. The van der Waals surface area contributed by atoms with Gasteiger partial charge in [-0.2, -0.15) is 13.5 Å². The molecule has 1 aromatic rings. The van der Waals surface area contributed by atoms with Crippen molar-refractivity contribution in [1.82, 2.24) is 4.83 Å². The second-order valence-corrected chi connectivity index (χ2v) is 9.54. The van der Waals surface area contributed by atoms with Crippen molar-refractivity contribution < 1.29 is 8.42 Å². The summed E-state index contributed by atoms with van der Waals surface area (Å²) in [5.74, 6) is 0.608. The molecule has 2 aliphatic rings. The summed E-state index contributed by atoms with van der Waals surface area (Å²) in [6, 6.07) is 5.35. The van der Waals surface area contributed by atoms with Crippen LogP contribution in [0.4, 0.5) is 0 Å².